The summed E-state index contributed by atoms with van der Waals surface area (Å²) < 4.78 is 0. The van der Waals surface area contributed by atoms with Gasteiger partial charge in [0.2, 0.25) is 11.8 Å². The number of rotatable bonds is 5. The van der Waals surface area contributed by atoms with Crippen LogP contribution in [0.25, 0.3) is 0 Å². The molecule has 0 aromatic heterocycles. The molecule has 4 nitrogen and oxygen atoms in total. The summed E-state index contributed by atoms with van der Waals surface area (Å²) in [5.74, 6) is -0.409. The average Bonchev–Trinajstić information content (AvgIpc) is 2.66. The maximum Gasteiger partial charge on any atom is 0.233 e. The van der Waals surface area contributed by atoms with Gasteiger partial charge in [0.15, 0.2) is 0 Å². The molecule has 0 radical (unpaired) electrons. The van der Waals surface area contributed by atoms with Gasteiger partial charge in [0.1, 0.15) is 0 Å². The topological polar surface area (TPSA) is 57.6 Å². The lowest BCUT2D eigenvalue weighted by Gasteiger charge is -2.24. The Labute approximate surface area is 114 Å². The van der Waals surface area contributed by atoms with Crippen LogP contribution in [-0.2, 0) is 9.59 Å². The number of carbonyl (C=O) groups is 2. The second-order valence-electron chi connectivity index (χ2n) is 5.59. The van der Waals surface area contributed by atoms with Crippen molar-refractivity contribution in [2.75, 3.05) is 6.54 Å². The first-order chi connectivity index (χ1) is 9.10. The van der Waals surface area contributed by atoms with Crippen LogP contribution in [0.3, 0.4) is 0 Å². The molecule has 0 saturated carbocycles. The number of imide groups is 1. The van der Waals surface area contributed by atoms with E-state index in [2.05, 4.69) is 0 Å². The molecule has 1 fully saturated rings. The summed E-state index contributed by atoms with van der Waals surface area (Å²) in [6.45, 7) is 4.21. The standard InChI is InChI=1S/C15H23NO3/c1-3-10(4-2)13(17)9-16-14(18)11-7-5-6-8-12(11)15(16)19/h5-6,10-13,17H,3-4,7-9H2,1-2H3/t11-,12+,13?. The van der Waals surface area contributed by atoms with Crippen LogP contribution in [0.5, 0.6) is 0 Å². The summed E-state index contributed by atoms with van der Waals surface area (Å²) in [6.07, 6.45) is 6.40. The van der Waals surface area contributed by atoms with Crippen molar-refractivity contribution in [3.63, 3.8) is 0 Å². The zero-order chi connectivity index (χ0) is 14.0. The number of aliphatic hydroxyl groups excluding tert-OH is 1. The minimum Gasteiger partial charge on any atom is -0.391 e. The van der Waals surface area contributed by atoms with E-state index in [1.807, 2.05) is 26.0 Å². The Kier molecular flexibility index (Phi) is 4.40. The van der Waals surface area contributed by atoms with E-state index in [9.17, 15) is 14.7 Å². The molecule has 2 amide bonds. The van der Waals surface area contributed by atoms with Crippen molar-refractivity contribution in [3.8, 4) is 0 Å². The fourth-order valence-corrected chi connectivity index (χ4v) is 3.22. The van der Waals surface area contributed by atoms with Gasteiger partial charge in [-0.25, -0.2) is 0 Å². The maximum absolute atomic E-state index is 12.2. The summed E-state index contributed by atoms with van der Waals surface area (Å²) in [6, 6.07) is 0. The van der Waals surface area contributed by atoms with Gasteiger partial charge in [-0.05, 0) is 18.8 Å². The largest absolute Gasteiger partial charge is 0.391 e. The number of likely N-dealkylation sites (tertiary alicyclic amines) is 1. The monoisotopic (exact) mass is 265 g/mol. The summed E-state index contributed by atoms with van der Waals surface area (Å²) in [4.78, 5) is 25.8. The van der Waals surface area contributed by atoms with Gasteiger partial charge in [-0.1, -0.05) is 38.8 Å². The number of β-amino-alcohol motifs (C(OH)–C–C–N with tert-alkyl or cyclic N) is 1. The number of carbonyl (C=O) groups excluding carboxylic acids is 2. The van der Waals surface area contributed by atoms with Crippen molar-refractivity contribution in [3.05, 3.63) is 12.2 Å². The van der Waals surface area contributed by atoms with Crippen LogP contribution in [0.4, 0.5) is 0 Å². The fraction of sp³-hybridized carbons (Fsp3) is 0.733. The minimum absolute atomic E-state index is 0.0932. The van der Waals surface area contributed by atoms with E-state index >= 15 is 0 Å². The van der Waals surface area contributed by atoms with Crippen LogP contribution in [0.2, 0.25) is 0 Å². The molecule has 0 aromatic carbocycles. The molecular weight excluding hydrogens is 242 g/mol. The lowest BCUT2D eigenvalue weighted by molar-refractivity contribution is -0.142. The molecule has 1 aliphatic heterocycles. The van der Waals surface area contributed by atoms with E-state index in [0.29, 0.717) is 12.8 Å². The van der Waals surface area contributed by atoms with Gasteiger partial charge in [-0.3, -0.25) is 14.5 Å². The molecule has 0 bridgehead atoms. The lowest BCUT2D eigenvalue weighted by Crippen LogP contribution is -2.40. The average molecular weight is 265 g/mol. The third kappa shape index (κ3) is 2.59. The van der Waals surface area contributed by atoms with Crippen LogP contribution in [0.15, 0.2) is 12.2 Å². The Hall–Kier alpha value is -1.16. The second-order valence-corrected chi connectivity index (χ2v) is 5.59. The van der Waals surface area contributed by atoms with E-state index in [-0.39, 0.29) is 36.1 Å². The first kappa shape index (κ1) is 14.3. The quantitative estimate of drug-likeness (QED) is 0.608. The number of allylic oxidation sites excluding steroid dienone is 2. The van der Waals surface area contributed by atoms with Crippen LogP contribution < -0.4 is 0 Å². The molecule has 2 rings (SSSR count). The van der Waals surface area contributed by atoms with Gasteiger partial charge in [0.25, 0.3) is 0 Å². The van der Waals surface area contributed by atoms with E-state index in [1.165, 1.54) is 4.90 Å². The molecule has 1 heterocycles. The molecule has 4 heteroatoms. The van der Waals surface area contributed by atoms with Crippen LogP contribution >= 0.6 is 0 Å². The Bertz CT molecular complexity index is 361. The summed E-state index contributed by atoms with van der Waals surface area (Å²) in [7, 11) is 0. The van der Waals surface area contributed by atoms with Gasteiger partial charge < -0.3 is 5.11 Å². The van der Waals surface area contributed by atoms with Crippen molar-refractivity contribution in [2.24, 2.45) is 17.8 Å². The van der Waals surface area contributed by atoms with Crippen molar-refractivity contribution in [1.29, 1.82) is 0 Å². The van der Waals surface area contributed by atoms with E-state index in [4.69, 9.17) is 0 Å². The highest BCUT2D eigenvalue weighted by Gasteiger charge is 2.47. The fourth-order valence-electron chi connectivity index (χ4n) is 3.22. The van der Waals surface area contributed by atoms with Crippen molar-refractivity contribution < 1.29 is 14.7 Å². The molecule has 1 unspecified atom stereocenters. The lowest BCUT2D eigenvalue weighted by atomic mass is 9.85. The number of hydrogen-bond acceptors (Lipinski definition) is 3. The van der Waals surface area contributed by atoms with Crippen molar-refractivity contribution >= 4 is 11.8 Å². The number of amides is 2. The minimum atomic E-state index is -0.601. The normalized spacial score (nSPS) is 28.1. The van der Waals surface area contributed by atoms with Crippen LogP contribution in [0, 0.1) is 17.8 Å². The third-order valence-electron chi connectivity index (χ3n) is 4.56. The van der Waals surface area contributed by atoms with Crippen molar-refractivity contribution in [1.82, 2.24) is 4.90 Å². The predicted molar refractivity (Wildman–Crippen MR) is 72.2 cm³/mol. The first-order valence-corrected chi connectivity index (χ1v) is 7.28. The van der Waals surface area contributed by atoms with Gasteiger partial charge in [0, 0.05) is 0 Å². The molecule has 2 aliphatic rings. The van der Waals surface area contributed by atoms with Crippen LogP contribution in [0.1, 0.15) is 39.5 Å². The highest BCUT2D eigenvalue weighted by atomic mass is 16.3. The smallest absolute Gasteiger partial charge is 0.233 e. The zero-order valence-electron chi connectivity index (χ0n) is 11.7. The molecule has 3 atom stereocenters. The van der Waals surface area contributed by atoms with Gasteiger partial charge in [-0.15, -0.1) is 0 Å². The summed E-state index contributed by atoms with van der Waals surface area (Å²) >= 11 is 0. The van der Waals surface area contributed by atoms with Gasteiger partial charge >= 0.3 is 0 Å². The third-order valence-corrected chi connectivity index (χ3v) is 4.56. The Morgan fingerprint density at radius 3 is 2.05 bits per heavy atom. The Balaban J connectivity index is 2.05. The molecule has 19 heavy (non-hydrogen) atoms. The number of nitrogens with zero attached hydrogens (tertiary/aromatic N) is 1. The summed E-state index contributed by atoms with van der Waals surface area (Å²) in [5.41, 5.74) is 0. The maximum atomic E-state index is 12.2. The Morgan fingerprint density at radius 2 is 1.63 bits per heavy atom. The van der Waals surface area contributed by atoms with Crippen LogP contribution in [-0.4, -0.2) is 34.5 Å². The molecule has 1 saturated heterocycles. The van der Waals surface area contributed by atoms with Crippen molar-refractivity contribution in [2.45, 2.75) is 45.6 Å². The van der Waals surface area contributed by atoms with E-state index in [1.54, 1.807) is 0 Å². The zero-order valence-corrected chi connectivity index (χ0v) is 11.7. The molecular formula is C15H23NO3. The first-order valence-electron chi connectivity index (χ1n) is 7.28. The summed E-state index contributed by atoms with van der Waals surface area (Å²) in [5, 5.41) is 10.2. The Morgan fingerprint density at radius 1 is 1.16 bits per heavy atom. The van der Waals surface area contributed by atoms with E-state index < -0.39 is 6.10 Å². The molecule has 0 aromatic rings. The predicted octanol–water partition coefficient (Wildman–Crippen LogP) is 1.73. The highest BCUT2D eigenvalue weighted by Crippen LogP contribution is 2.35. The SMILES string of the molecule is CCC(CC)C(O)CN1C(=O)[C@H]2CC=CC[C@H]2C1=O. The van der Waals surface area contributed by atoms with E-state index in [0.717, 1.165) is 12.8 Å². The number of aliphatic hydroxyl groups is 1. The molecule has 0 spiro atoms. The van der Waals surface area contributed by atoms with Gasteiger partial charge in [-0.2, -0.15) is 0 Å². The molecule has 106 valence electrons. The molecule has 1 N–H and O–H groups in total. The van der Waals surface area contributed by atoms with Gasteiger partial charge in [0.05, 0.1) is 24.5 Å². The number of hydrogen-bond donors (Lipinski definition) is 1. The second kappa shape index (κ2) is 5.87. The number of fused-ring (bicyclic) bond motifs is 1. The molecule has 1 aliphatic carbocycles. The highest BCUT2D eigenvalue weighted by molar-refractivity contribution is 6.05.